The van der Waals surface area contributed by atoms with Crippen LogP contribution in [0.1, 0.15) is 20.8 Å². The molecule has 3 heteroatoms. The molecular weight excluding hydrogens is 127 g/mol. The molecule has 0 aromatic rings. The molecule has 10 heavy (non-hydrogen) atoms. The van der Waals surface area contributed by atoms with E-state index in [1.165, 1.54) is 0 Å². The summed E-state index contributed by atoms with van der Waals surface area (Å²) in [4.78, 5) is 0. The molecule has 0 bridgehead atoms. The van der Waals surface area contributed by atoms with Crippen LogP contribution in [-0.4, -0.2) is 33.3 Å². The third-order valence-corrected chi connectivity index (χ3v) is 0.771. The molecule has 0 fully saturated rings. The Balaban J connectivity index is 0. The minimum Gasteiger partial charge on any atom is -0.394 e. The summed E-state index contributed by atoms with van der Waals surface area (Å²) in [6.07, 6.45) is 0. The monoisotopic (exact) mass is 146 g/mol. The van der Waals surface area contributed by atoms with Crippen LogP contribution < -0.4 is 0 Å². The number of aliphatic hydroxyl groups excluding tert-OH is 1. The molecule has 2 nitrogen and oxygen atoms in total. The van der Waals surface area contributed by atoms with Gasteiger partial charge in [-0.2, -0.15) is 0 Å². The van der Waals surface area contributed by atoms with Crippen molar-refractivity contribution in [3.8, 4) is 0 Å². The minimum atomic E-state index is 0. The smallest absolute Gasteiger partial charge is 0.0814 e. The first-order valence-electron chi connectivity index (χ1n) is 3.25. The van der Waals surface area contributed by atoms with E-state index in [0.29, 0.717) is 13.2 Å². The SMILES string of the molecule is B.CC(C)(C)COCCO. The zero-order valence-corrected chi connectivity index (χ0v) is 6.48. The van der Waals surface area contributed by atoms with E-state index in [4.69, 9.17) is 9.84 Å². The van der Waals surface area contributed by atoms with Gasteiger partial charge in [0.25, 0.3) is 0 Å². The molecule has 0 rings (SSSR count). The van der Waals surface area contributed by atoms with Crippen molar-refractivity contribution in [2.45, 2.75) is 20.8 Å². The Morgan fingerprint density at radius 2 is 1.80 bits per heavy atom. The van der Waals surface area contributed by atoms with Crippen molar-refractivity contribution in [2.75, 3.05) is 19.8 Å². The molecule has 0 heterocycles. The Hall–Kier alpha value is -0.0151. The molecule has 0 aromatic heterocycles. The Bertz CT molecular complexity index is 68.5. The van der Waals surface area contributed by atoms with Gasteiger partial charge in [0, 0.05) is 0 Å². The predicted octanol–water partition coefficient (Wildman–Crippen LogP) is -0.143. The largest absolute Gasteiger partial charge is 0.394 e. The maximum absolute atomic E-state index is 8.34. The molecule has 0 atom stereocenters. The molecule has 0 aliphatic carbocycles. The quantitative estimate of drug-likeness (QED) is 0.443. The van der Waals surface area contributed by atoms with Crippen molar-refractivity contribution in [3.05, 3.63) is 0 Å². The Morgan fingerprint density at radius 3 is 2.10 bits per heavy atom. The first-order valence-corrected chi connectivity index (χ1v) is 3.25. The number of rotatable bonds is 3. The average molecular weight is 146 g/mol. The fraction of sp³-hybridized carbons (Fsp3) is 1.00. The van der Waals surface area contributed by atoms with Crippen LogP contribution in [0.5, 0.6) is 0 Å². The lowest BCUT2D eigenvalue weighted by Crippen LogP contribution is -2.15. The molecular formula is C7H19BO2. The van der Waals surface area contributed by atoms with Gasteiger partial charge in [0.1, 0.15) is 0 Å². The molecule has 0 radical (unpaired) electrons. The van der Waals surface area contributed by atoms with Gasteiger partial charge >= 0.3 is 0 Å². The van der Waals surface area contributed by atoms with Crippen LogP contribution in [0.15, 0.2) is 0 Å². The van der Waals surface area contributed by atoms with Crippen LogP contribution in [0.25, 0.3) is 0 Å². The highest BCUT2D eigenvalue weighted by atomic mass is 16.5. The first kappa shape index (κ1) is 12.6. The van der Waals surface area contributed by atoms with E-state index in [0.717, 1.165) is 0 Å². The topological polar surface area (TPSA) is 29.5 Å². The molecule has 62 valence electrons. The van der Waals surface area contributed by atoms with Crippen LogP contribution in [0.3, 0.4) is 0 Å². The summed E-state index contributed by atoms with van der Waals surface area (Å²) >= 11 is 0. The molecule has 0 unspecified atom stereocenters. The molecule has 0 aromatic carbocycles. The summed E-state index contributed by atoms with van der Waals surface area (Å²) in [6.45, 7) is 7.60. The second kappa shape index (κ2) is 5.75. The lowest BCUT2D eigenvalue weighted by molar-refractivity contribution is 0.0464. The van der Waals surface area contributed by atoms with Crippen molar-refractivity contribution in [1.82, 2.24) is 0 Å². The lowest BCUT2D eigenvalue weighted by atomic mass is 9.99. The summed E-state index contributed by atoms with van der Waals surface area (Å²) in [5.41, 5.74) is 0.217. The van der Waals surface area contributed by atoms with Gasteiger partial charge in [0.2, 0.25) is 0 Å². The second-order valence-corrected chi connectivity index (χ2v) is 3.34. The molecule has 0 aliphatic rings. The maximum Gasteiger partial charge on any atom is 0.0814 e. The molecule has 1 N–H and O–H groups in total. The Kier molecular flexibility index (Phi) is 7.26. The number of hydrogen-bond acceptors (Lipinski definition) is 2. The summed E-state index contributed by atoms with van der Waals surface area (Å²) in [5, 5.41) is 8.34. The van der Waals surface area contributed by atoms with Crippen molar-refractivity contribution >= 4 is 8.41 Å². The molecule has 0 saturated heterocycles. The van der Waals surface area contributed by atoms with Gasteiger partial charge in [0.05, 0.1) is 28.2 Å². The Labute approximate surface area is 65.2 Å². The van der Waals surface area contributed by atoms with E-state index >= 15 is 0 Å². The summed E-state index contributed by atoms with van der Waals surface area (Å²) < 4.78 is 5.10. The van der Waals surface area contributed by atoms with Gasteiger partial charge in [-0.3, -0.25) is 0 Å². The van der Waals surface area contributed by atoms with Crippen molar-refractivity contribution in [3.63, 3.8) is 0 Å². The van der Waals surface area contributed by atoms with Gasteiger partial charge in [-0.25, -0.2) is 0 Å². The fourth-order valence-corrected chi connectivity index (χ4v) is 0.443. The third kappa shape index (κ3) is 10.9. The van der Waals surface area contributed by atoms with Crippen molar-refractivity contribution in [1.29, 1.82) is 0 Å². The second-order valence-electron chi connectivity index (χ2n) is 3.34. The summed E-state index contributed by atoms with van der Waals surface area (Å²) in [7, 11) is 0. The van der Waals surface area contributed by atoms with E-state index in [9.17, 15) is 0 Å². The average Bonchev–Trinajstić information content (AvgIpc) is 1.63. The highest BCUT2D eigenvalue weighted by molar-refractivity contribution is 5.75. The van der Waals surface area contributed by atoms with Crippen LogP contribution in [0.4, 0.5) is 0 Å². The van der Waals surface area contributed by atoms with Crippen LogP contribution >= 0.6 is 0 Å². The van der Waals surface area contributed by atoms with Crippen molar-refractivity contribution in [2.24, 2.45) is 5.41 Å². The van der Waals surface area contributed by atoms with Crippen molar-refractivity contribution < 1.29 is 9.84 Å². The first-order chi connectivity index (χ1) is 4.06. The molecule has 0 amide bonds. The summed E-state index contributed by atoms with van der Waals surface area (Å²) in [6, 6.07) is 0. The molecule has 0 spiro atoms. The molecule has 0 saturated carbocycles. The zero-order chi connectivity index (χ0) is 7.33. The van der Waals surface area contributed by atoms with E-state index in [1.807, 2.05) is 0 Å². The normalized spacial score (nSPS) is 10.8. The van der Waals surface area contributed by atoms with Gasteiger partial charge in [-0.15, -0.1) is 0 Å². The lowest BCUT2D eigenvalue weighted by Gasteiger charge is -2.17. The van der Waals surface area contributed by atoms with Crippen LogP contribution in [-0.2, 0) is 4.74 Å². The number of ether oxygens (including phenoxy) is 1. The van der Waals surface area contributed by atoms with E-state index in [-0.39, 0.29) is 20.4 Å². The number of aliphatic hydroxyl groups is 1. The zero-order valence-electron chi connectivity index (χ0n) is 6.48. The van der Waals surface area contributed by atoms with E-state index in [1.54, 1.807) is 0 Å². The van der Waals surface area contributed by atoms with Crippen LogP contribution in [0, 0.1) is 5.41 Å². The highest BCUT2D eigenvalue weighted by Gasteiger charge is 2.08. The summed E-state index contributed by atoms with van der Waals surface area (Å²) in [5.74, 6) is 0. The van der Waals surface area contributed by atoms with Gasteiger partial charge in [-0.1, -0.05) is 20.8 Å². The molecule has 0 aliphatic heterocycles. The van der Waals surface area contributed by atoms with Gasteiger partial charge in [0.15, 0.2) is 0 Å². The fourth-order valence-electron chi connectivity index (χ4n) is 0.443. The van der Waals surface area contributed by atoms with E-state index < -0.39 is 0 Å². The maximum atomic E-state index is 8.34. The third-order valence-electron chi connectivity index (χ3n) is 0.771. The van der Waals surface area contributed by atoms with E-state index in [2.05, 4.69) is 20.8 Å². The number of hydrogen-bond donors (Lipinski definition) is 1. The minimum absolute atomic E-state index is 0. The highest BCUT2D eigenvalue weighted by Crippen LogP contribution is 2.12. The Morgan fingerprint density at radius 1 is 1.30 bits per heavy atom. The van der Waals surface area contributed by atoms with Crippen LogP contribution in [0.2, 0.25) is 0 Å². The van der Waals surface area contributed by atoms with Gasteiger partial charge < -0.3 is 9.84 Å². The predicted molar refractivity (Wildman–Crippen MR) is 47.3 cm³/mol. The standard InChI is InChI=1S/C7H16O2.BH3/c1-7(2,3)6-9-5-4-8;/h8H,4-6H2,1-3H3;1H3. The van der Waals surface area contributed by atoms with Gasteiger partial charge in [-0.05, 0) is 5.41 Å².